The summed E-state index contributed by atoms with van der Waals surface area (Å²) in [5.74, 6) is -2.78. The Morgan fingerprint density at radius 3 is 2.11 bits per heavy atom. The van der Waals surface area contributed by atoms with Crippen LogP contribution >= 0.6 is 0 Å². The van der Waals surface area contributed by atoms with E-state index in [2.05, 4.69) is 0 Å². The van der Waals surface area contributed by atoms with E-state index >= 15 is 0 Å². The van der Waals surface area contributed by atoms with E-state index in [1.807, 2.05) is 5.32 Å². The first-order valence-electron chi connectivity index (χ1n) is 5.12. The number of imide groups is 1. The van der Waals surface area contributed by atoms with E-state index in [0.29, 0.717) is 0 Å². The number of rotatable bonds is 1. The van der Waals surface area contributed by atoms with Crippen LogP contribution in [0.2, 0.25) is 0 Å². The van der Waals surface area contributed by atoms with Crippen molar-refractivity contribution in [2.75, 3.05) is 13.1 Å². The van der Waals surface area contributed by atoms with Gasteiger partial charge in [-0.2, -0.15) is 0 Å². The van der Waals surface area contributed by atoms with E-state index in [1.54, 1.807) is 0 Å². The predicted octanol–water partition coefficient (Wildman–Crippen LogP) is -0.804. The third-order valence-corrected chi connectivity index (χ3v) is 2.47. The molecule has 0 bridgehead atoms. The summed E-state index contributed by atoms with van der Waals surface area (Å²) in [6, 6.07) is 3.84. The maximum absolute atomic E-state index is 12.0. The summed E-state index contributed by atoms with van der Waals surface area (Å²) in [5.41, 5.74) is -0.319. The molecule has 0 saturated carbocycles. The zero-order chi connectivity index (χ0) is 13.3. The third-order valence-electron chi connectivity index (χ3n) is 2.47. The van der Waals surface area contributed by atoms with Crippen molar-refractivity contribution in [1.29, 1.82) is 0 Å². The van der Waals surface area contributed by atoms with Crippen LogP contribution in [0.1, 0.15) is 10.4 Å². The van der Waals surface area contributed by atoms with Crippen LogP contribution in [-0.2, 0) is 9.59 Å². The largest absolute Gasteiger partial charge is 0.507 e. The highest BCUT2D eigenvalue weighted by Crippen LogP contribution is 2.27. The van der Waals surface area contributed by atoms with Gasteiger partial charge in [0.05, 0.1) is 0 Å². The summed E-state index contributed by atoms with van der Waals surface area (Å²) in [5, 5.41) is 21.1. The van der Waals surface area contributed by atoms with Crippen LogP contribution in [-0.4, -0.2) is 45.9 Å². The lowest BCUT2D eigenvalue weighted by Crippen LogP contribution is -2.53. The number of phenolic OH excluding ortho intramolecular Hbond substituents is 2. The molecule has 1 heterocycles. The summed E-state index contributed by atoms with van der Waals surface area (Å²) in [6.07, 6.45) is 0. The van der Waals surface area contributed by atoms with Gasteiger partial charge in [-0.05, 0) is 12.1 Å². The van der Waals surface area contributed by atoms with E-state index in [-0.39, 0.29) is 18.7 Å². The average Bonchev–Trinajstić information content (AvgIpc) is 2.27. The first-order valence-corrected chi connectivity index (χ1v) is 5.12. The lowest BCUT2D eigenvalue weighted by Gasteiger charge is -2.25. The standard InChI is InChI=1S/C11H10N2O5/c14-6-2-1-3-7(15)10(6)11(18)13-4-8(16)12-9(17)5-13/h1-3,14-15H,4-5H2,(H,12,16,17). The van der Waals surface area contributed by atoms with Crippen LogP contribution in [0.25, 0.3) is 0 Å². The zero-order valence-corrected chi connectivity index (χ0v) is 9.21. The normalized spacial score (nSPS) is 15.4. The molecule has 1 aliphatic rings. The fourth-order valence-corrected chi connectivity index (χ4v) is 1.69. The first kappa shape index (κ1) is 11.9. The molecule has 2 rings (SSSR count). The molecule has 3 amide bonds. The molecule has 1 aliphatic heterocycles. The van der Waals surface area contributed by atoms with Crippen LogP contribution in [0.4, 0.5) is 0 Å². The van der Waals surface area contributed by atoms with Gasteiger partial charge < -0.3 is 15.1 Å². The number of benzene rings is 1. The van der Waals surface area contributed by atoms with Crippen LogP contribution < -0.4 is 5.32 Å². The Bertz CT molecular complexity index is 504. The molecule has 18 heavy (non-hydrogen) atoms. The minimum atomic E-state index is -0.770. The van der Waals surface area contributed by atoms with Gasteiger partial charge >= 0.3 is 0 Å². The lowest BCUT2D eigenvalue weighted by molar-refractivity contribution is -0.135. The van der Waals surface area contributed by atoms with E-state index in [4.69, 9.17) is 0 Å². The first-order chi connectivity index (χ1) is 8.49. The van der Waals surface area contributed by atoms with Crippen molar-refractivity contribution in [3.05, 3.63) is 23.8 Å². The van der Waals surface area contributed by atoms with Crippen molar-refractivity contribution >= 4 is 17.7 Å². The molecule has 0 aliphatic carbocycles. The summed E-state index contributed by atoms with van der Waals surface area (Å²) in [6.45, 7) is -0.587. The van der Waals surface area contributed by atoms with Crippen LogP contribution in [0.5, 0.6) is 11.5 Å². The molecule has 0 aromatic heterocycles. The molecule has 94 valence electrons. The number of nitrogens with one attached hydrogen (secondary N) is 1. The monoisotopic (exact) mass is 250 g/mol. The van der Waals surface area contributed by atoms with Crippen LogP contribution in [0.15, 0.2) is 18.2 Å². The van der Waals surface area contributed by atoms with Gasteiger partial charge in [-0.1, -0.05) is 6.07 Å². The molecule has 7 heteroatoms. The van der Waals surface area contributed by atoms with E-state index in [0.717, 1.165) is 4.90 Å². The number of piperazine rings is 1. The molecule has 0 spiro atoms. The average molecular weight is 250 g/mol. The van der Waals surface area contributed by atoms with E-state index in [1.165, 1.54) is 18.2 Å². The van der Waals surface area contributed by atoms with Crippen molar-refractivity contribution in [2.45, 2.75) is 0 Å². The quantitative estimate of drug-likeness (QED) is 0.565. The highest BCUT2D eigenvalue weighted by molar-refractivity contribution is 6.07. The maximum Gasteiger partial charge on any atom is 0.262 e. The summed E-state index contributed by atoms with van der Waals surface area (Å²) >= 11 is 0. The lowest BCUT2D eigenvalue weighted by atomic mass is 10.1. The molecule has 0 atom stereocenters. The topological polar surface area (TPSA) is 107 Å². The Morgan fingerprint density at radius 1 is 1.11 bits per heavy atom. The number of nitrogens with zero attached hydrogens (tertiary/aromatic N) is 1. The van der Waals surface area contributed by atoms with E-state index < -0.39 is 29.2 Å². The zero-order valence-electron chi connectivity index (χ0n) is 9.21. The molecule has 0 radical (unpaired) electrons. The number of hydrogen-bond donors (Lipinski definition) is 3. The molecular weight excluding hydrogens is 240 g/mol. The Hall–Kier alpha value is -2.57. The molecule has 0 unspecified atom stereocenters. The molecule has 1 aromatic carbocycles. The molecular formula is C11H10N2O5. The second kappa shape index (κ2) is 4.36. The number of carbonyl (C=O) groups excluding carboxylic acids is 3. The van der Waals surface area contributed by atoms with Crippen molar-refractivity contribution in [3.63, 3.8) is 0 Å². The smallest absolute Gasteiger partial charge is 0.262 e. The number of carbonyl (C=O) groups is 3. The minimum Gasteiger partial charge on any atom is -0.507 e. The maximum atomic E-state index is 12.0. The summed E-state index contributed by atoms with van der Waals surface area (Å²) < 4.78 is 0. The molecule has 7 nitrogen and oxygen atoms in total. The van der Waals surface area contributed by atoms with Gasteiger partial charge in [0, 0.05) is 0 Å². The second-order valence-electron chi connectivity index (χ2n) is 3.80. The Labute approximate surface area is 102 Å². The second-order valence-corrected chi connectivity index (χ2v) is 3.80. The Morgan fingerprint density at radius 2 is 1.61 bits per heavy atom. The number of amides is 3. The van der Waals surface area contributed by atoms with Crippen molar-refractivity contribution < 1.29 is 24.6 Å². The highest BCUT2D eigenvalue weighted by atomic mass is 16.3. The van der Waals surface area contributed by atoms with Gasteiger partial charge in [0.15, 0.2) is 0 Å². The van der Waals surface area contributed by atoms with Crippen molar-refractivity contribution in [2.24, 2.45) is 0 Å². The minimum absolute atomic E-state index is 0.293. The highest BCUT2D eigenvalue weighted by Gasteiger charge is 2.29. The van der Waals surface area contributed by atoms with Gasteiger partial charge in [-0.25, -0.2) is 0 Å². The Balaban J connectivity index is 2.31. The van der Waals surface area contributed by atoms with E-state index in [9.17, 15) is 24.6 Å². The SMILES string of the molecule is O=C1CN(C(=O)c2c(O)cccc2O)CC(=O)N1. The van der Waals surface area contributed by atoms with Crippen molar-refractivity contribution in [1.82, 2.24) is 10.2 Å². The summed E-state index contributed by atoms with van der Waals surface area (Å²) in [7, 11) is 0. The number of phenols is 2. The Kier molecular flexibility index (Phi) is 2.88. The molecule has 1 aromatic rings. The van der Waals surface area contributed by atoms with Crippen LogP contribution in [0, 0.1) is 0 Å². The number of aromatic hydroxyl groups is 2. The molecule has 3 N–H and O–H groups in total. The molecule has 1 saturated heterocycles. The van der Waals surface area contributed by atoms with Gasteiger partial charge in [0.2, 0.25) is 11.8 Å². The fraction of sp³-hybridized carbons (Fsp3) is 0.182. The number of hydrogen-bond acceptors (Lipinski definition) is 5. The predicted molar refractivity (Wildman–Crippen MR) is 58.8 cm³/mol. The van der Waals surface area contributed by atoms with Crippen LogP contribution in [0.3, 0.4) is 0 Å². The molecule has 1 fully saturated rings. The summed E-state index contributed by atoms with van der Waals surface area (Å²) in [4.78, 5) is 35.2. The third kappa shape index (κ3) is 2.10. The van der Waals surface area contributed by atoms with Crippen molar-refractivity contribution in [3.8, 4) is 11.5 Å². The van der Waals surface area contributed by atoms with Gasteiger partial charge in [-0.3, -0.25) is 19.7 Å². The van der Waals surface area contributed by atoms with Gasteiger partial charge in [0.25, 0.3) is 5.91 Å². The van der Waals surface area contributed by atoms with Gasteiger partial charge in [-0.15, -0.1) is 0 Å². The fourth-order valence-electron chi connectivity index (χ4n) is 1.69. The van der Waals surface area contributed by atoms with Gasteiger partial charge in [0.1, 0.15) is 30.2 Å².